The molecule has 0 aliphatic carbocycles. The smallest absolute Gasteiger partial charge is 0.341 e. The Kier molecular flexibility index (Phi) is 4.92. The van der Waals surface area contributed by atoms with Gasteiger partial charge in [-0.1, -0.05) is 26.0 Å². The van der Waals surface area contributed by atoms with E-state index in [0.717, 1.165) is 0 Å². The van der Waals surface area contributed by atoms with Gasteiger partial charge in [-0.2, -0.15) is 0 Å². The number of hydrogen-bond donors (Lipinski definition) is 1. The molecule has 0 bridgehead atoms. The van der Waals surface area contributed by atoms with Crippen LogP contribution < -0.4 is 5.32 Å². The average Bonchev–Trinajstić information content (AvgIpc) is 2.90. The quantitative estimate of drug-likeness (QED) is 0.868. The number of carbonyl (C=O) groups is 2. The van der Waals surface area contributed by atoms with Crippen molar-refractivity contribution >= 4 is 28.2 Å². The number of rotatable bonds is 4. The first-order valence-electron chi connectivity index (χ1n) is 6.70. The minimum Gasteiger partial charge on any atom is -0.465 e. The Morgan fingerprint density at radius 3 is 2.41 bits per heavy atom. The summed E-state index contributed by atoms with van der Waals surface area (Å²) in [4.78, 5) is 23.9. The first kappa shape index (κ1) is 16.2. The molecule has 0 spiro atoms. The molecule has 0 aliphatic heterocycles. The Labute approximate surface area is 131 Å². The number of hydrogen-bond acceptors (Lipinski definition) is 4. The van der Waals surface area contributed by atoms with E-state index in [9.17, 15) is 14.0 Å². The molecule has 2 aromatic rings. The van der Waals surface area contributed by atoms with Gasteiger partial charge in [0.25, 0.3) is 0 Å². The molecule has 2 rings (SSSR count). The molecule has 1 aromatic carbocycles. The molecule has 1 N–H and O–H groups in total. The zero-order valence-electron chi connectivity index (χ0n) is 12.5. The molecular weight excluding hydrogens is 305 g/mol. The summed E-state index contributed by atoms with van der Waals surface area (Å²) < 4.78 is 17.9. The number of esters is 1. The molecule has 0 atom stereocenters. The summed E-state index contributed by atoms with van der Waals surface area (Å²) in [7, 11) is 1.28. The largest absolute Gasteiger partial charge is 0.465 e. The van der Waals surface area contributed by atoms with Gasteiger partial charge >= 0.3 is 5.97 Å². The summed E-state index contributed by atoms with van der Waals surface area (Å²) in [5.41, 5.74) is 1.58. The molecule has 0 unspecified atom stereocenters. The molecule has 0 saturated heterocycles. The van der Waals surface area contributed by atoms with Crippen molar-refractivity contribution in [3.8, 4) is 11.1 Å². The van der Waals surface area contributed by atoms with E-state index in [4.69, 9.17) is 4.74 Å². The lowest BCUT2D eigenvalue weighted by Gasteiger charge is -2.09. The summed E-state index contributed by atoms with van der Waals surface area (Å²) >= 11 is 1.24. The fraction of sp³-hybridized carbons (Fsp3) is 0.250. The standard InChI is InChI=1S/C16H16FNO3S/c1-9(2)14(19)18-15-13(16(20)21-3)12(8-22-15)10-4-6-11(17)7-5-10/h4-9H,1-3H3,(H,18,19). The Morgan fingerprint density at radius 2 is 1.86 bits per heavy atom. The Bertz CT molecular complexity index is 692. The van der Waals surface area contributed by atoms with Crippen LogP contribution in [0.3, 0.4) is 0 Å². The third-order valence-corrected chi connectivity index (χ3v) is 3.99. The topological polar surface area (TPSA) is 55.4 Å². The molecule has 116 valence electrons. The summed E-state index contributed by atoms with van der Waals surface area (Å²) in [6, 6.07) is 5.80. The molecule has 1 heterocycles. The van der Waals surface area contributed by atoms with E-state index in [-0.39, 0.29) is 23.2 Å². The lowest BCUT2D eigenvalue weighted by atomic mass is 10.0. The lowest BCUT2D eigenvalue weighted by Crippen LogP contribution is -2.18. The predicted molar refractivity (Wildman–Crippen MR) is 84.5 cm³/mol. The van der Waals surface area contributed by atoms with Crippen LogP contribution in [0.4, 0.5) is 9.39 Å². The fourth-order valence-corrected chi connectivity index (χ4v) is 2.81. The highest BCUT2D eigenvalue weighted by Crippen LogP contribution is 2.36. The average molecular weight is 321 g/mol. The van der Waals surface area contributed by atoms with Gasteiger partial charge in [0.1, 0.15) is 16.4 Å². The fourth-order valence-electron chi connectivity index (χ4n) is 1.85. The summed E-state index contributed by atoms with van der Waals surface area (Å²) in [6.07, 6.45) is 0. The number of anilines is 1. The van der Waals surface area contributed by atoms with Crippen LogP contribution in [-0.2, 0) is 9.53 Å². The molecule has 0 fully saturated rings. The minimum absolute atomic E-state index is 0.183. The van der Waals surface area contributed by atoms with E-state index in [0.29, 0.717) is 16.1 Å². The van der Waals surface area contributed by atoms with Gasteiger partial charge in [-0.05, 0) is 17.7 Å². The molecule has 0 saturated carbocycles. The van der Waals surface area contributed by atoms with Crippen molar-refractivity contribution in [1.29, 1.82) is 0 Å². The SMILES string of the molecule is COC(=O)c1c(-c2ccc(F)cc2)csc1NC(=O)C(C)C. The third kappa shape index (κ3) is 3.33. The second-order valence-electron chi connectivity index (χ2n) is 5.00. The van der Waals surface area contributed by atoms with Gasteiger partial charge in [0.2, 0.25) is 5.91 Å². The first-order chi connectivity index (χ1) is 10.4. The molecule has 6 heteroatoms. The minimum atomic E-state index is -0.542. The Morgan fingerprint density at radius 1 is 1.23 bits per heavy atom. The van der Waals surface area contributed by atoms with Gasteiger partial charge in [-0.15, -0.1) is 11.3 Å². The number of thiophene rings is 1. The van der Waals surface area contributed by atoms with Crippen LogP contribution in [0, 0.1) is 11.7 Å². The summed E-state index contributed by atoms with van der Waals surface area (Å²) in [6.45, 7) is 3.53. The van der Waals surface area contributed by atoms with E-state index in [2.05, 4.69) is 5.32 Å². The number of ether oxygens (including phenoxy) is 1. The molecule has 1 aromatic heterocycles. The highest BCUT2D eigenvalue weighted by atomic mass is 32.1. The van der Waals surface area contributed by atoms with Gasteiger partial charge in [-0.3, -0.25) is 4.79 Å². The van der Waals surface area contributed by atoms with E-state index < -0.39 is 5.97 Å². The molecule has 22 heavy (non-hydrogen) atoms. The number of benzene rings is 1. The highest BCUT2D eigenvalue weighted by Gasteiger charge is 2.22. The zero-order valence-corrected chi connectivity index (χ0v) is 13.3. The van der Waals surface area contributed by atoms with Crippen molar-refractivity contribution in [2.75, 3.05) is 12.4 Å². The van der Waals surface area contributed by atoms with Crippen molar-refractivity contribution in [3.63, 3.8) is 0 Å². The normalized spacial score (nSPS) is 10.6. The second-order valence-corrected chi connectivity index (χ2v) is 5.88. The number of carbonyl (C=O) groups excluding carboxylic acids is 2. The Hall–Kier alpha value is -2.21. The predicted octanol–water partition coefficient (Wildman–Crippen LogP) is 3.94. The van der Waals surface area contributed by atoms with Crippen molar-refractivity contribution in [2.45, 2.75) is 13.8 Å². The number of methoxy groups -OCH3 is 1. The maximum absolute atomic E-state index is 13.0. The van der Waals surface area contributed by atoms with Crippen molar-refractivity contribution < 1.29 is 18.7 Å². The van der Waals surface area contributed by atoms with Crippen LogP contribution in [0.1, 0.15) is 24.2 Å². The number of nitrogens with one attached hydrogen (secondary N) is 1. The van der Waals surface area contributed by atoms with Crippen molar-refractivity contribution in [2.24, 2.45) is 5.92 Å². The van der Waals surface area contributed by atoms with Crippen LogP contribution in [0.25, 0.3) is 11.1 Å². The Balaban J connectivity index is 2.47. The molecule has 0 aliphatic rings. The molecule has 0 radical (unpaired) electrons. The zero-order chi connectivity index (χ0) is 16.3. The molecular formula is C16H16FNO3S. The van der Waals surface area contributed by atoms with Crippen LogP contribution >= 0.6 is 11.3 Å². The van der Waals surface area contributed by atoms with E-state index in [1.165, 1.54) is 30.6 Å². The summed E-state index contributed by atoms with van der Waals surface area (Å²) in [5, 5.41) is 4.91. The van der Waals surface area contributed by atoms with Crippen molar-refractivity contribution in [3.05, 3.63) is 41.0 Å². The van der Waals surface area contributed by atoms with Crippen LogP contribution in [0.5, 0.6) is 0 Å². The maximum atomic E-state index is 13.0. The number of amides is 1. The van der Waals surface area contributed by atoms with Gasteiger partial charge in [0.15, 0.2) is 0 Å². The van der Waals surface area contributed by atoms with E-state index >= 15 is 0 Å². The van der Waals surface area contributed by atoms with E-state index in [1.54, 1.807) is 31.4 Å². The lowest BCUT2D eigenvalue weighted by molar-refractivity contribution is -0.118. The monoisotopic (exact) mass is 321 g/mol. The maximum Gasteiger partial charge on any atom is 0.341 e. The third-order valence-electron chi connectivity index (χ3n) is 3.10. The molecule has 1 amide bonds. The van der Waals surface area contributed by atoms with Crippen LogP contribution in [0.15, 0.2) is 29.6 Å². The highest BCUT2D eigenvalue weighted by molar-refractivity contribution is 7.15. The van der Waals surface area contributed by atoms with E-state index in [1.807, 2.05) is 0 Å². The van der Waals surface area contributed by atoms with Gasteiger partial charge in [0.05, 0.1) is 7.11 Å². The molecule has 4 nitrogen and oxygen atoms in total. The van der Waals surface area contributed by atoms with Gasteiger partial charge in [0, 0.05) is 16.9 Å². The van der Waals surface area contributed by atoms with Gasteiger partial charge < -0.3 is 10.1 Å². The first-order valence-corrected chi connectivity index (χ1v) is 7.58. The number of halogens is 1. The van der Waals surface area contributed by atoms with Crippen LogP contribution in [-0.4, -0.2) is 19.0 Å². The summed E-state index contributed by atoms with van der Waals surface area (Å²) in [5.74, 6) is -1.29. The van der Waals surface area contributed by atoms with Crippen LogP contribution in [0.2, 0.25) is 0 Å². The van der Waals surface area contributed by atoms with Gasteiger partial charge in [-0.25, -0.2) is 9.18 Å². The van der Waals surface area contributed by atoms with Crippen molar-refractivity contribution in [1.82, 2.24) is 0 Å². The second kappa shape index (κ2) is 6.70.